The molecule has 4 rings (SSSR count). The van der Waals surface area contributed by atoms with Crippen molar-refractivity contribution in [3.8, 4) is 5.75 Å². The highest BCUT2D eigenvalue weighted by Crippen LogP contribution is 2.30. The average molecular weight is 414 g/mol. The highest BCUT2D eigenvalue weighted by molar-refractivity contribution is 7.89. The van der Waals surface area contributed by atoms with Crippen molar-refractivity contribution in [3.05, 3.63) is 53.8 Å². The summed E-state index contributed by atoms with van der Waals surface area (Å²) in [5, 5.41) is 3.40. The lowest BCUT2D eigenvalue weighted by atomic mass is 10.1. The molecule has 0 unspecified atom stereocenters. The number of carbonyl (C=O) groups is 1. The molecule has 2 aromatic carbocycles. The predicted octanol–water partition coefficient (Wildman–Crippen LogP) is 3.79. The van der Waals surface area contributed by atoms with Crippen molar-refractivity contribution in [1.29, 1.82) is 0 Å². The Kier molecular flexibility index (Phi) is 5.06. The van der Waals surface area contributed by atoms with Gasteiger partial charge in [-0.25, -0.2) is 8.42 Å². The van der Waals surface area contributed by atoms with E-state index >= 15 is 0 Å². The molecule has 1 saturated heterocycles. The van der Waals surface area contributed by atoms with Crippen LogP contribution in [0.15, 0.2) is 51.8 Å². The molecular weight excluding hydrogens is 392 g/mol. The van der Waals surface area contributed by atoms with Crippen LogP contribution in [0.25, 0.3) is 11.0 Å². The lowest BCUT2D eigenvalue weighted by Crippen LogP contribution is -2.27. The molecule has 1 aromatic heterocycles. The molecule has 1 aliphatic rings. The van der Waals surface area contributed by atoms with Crippen molar-refractivity contribution in [2.45, 2.75) is 24.7 Å². The number of rotatable bonds is 5. The number of sulfonamides is 1. The standard InChI is InChI=1S/C21H22N2O5S/c1-14-18-13-17(29(25,26)23-11-3-4-12-23)9-10-19(18)28-20(14)21(24)22-15-5-7-16(27-2)8-6-15/h5-10,13H,3-4,11-12H2,1-2H3,(H,22,24). The SMILES string of the molecule is COc1ccc(NC(=O)c2oc3ccc(S(=O)(=O)N4CCCC4)cc3c2C)cc1. The molecule has 2 heterocycles. The van der Waals surface area contributed by atoms with Crippen LogP contribution in [0.5, 0.6) is 5.75 Å². The Hall–Kier alpha value is -2.84. The van der Waals surface area contributed by atoms with E-state index in [1.54, 1.807) is 50.4 Å². The van der Waals surface area contributed by atoms with E-state index in [1.807, 2.05) is 0 Å². The minimum atomic E-state index is -3.53. The largest absolute Gasteiger partial charge is 0.497 e. The van der Waals surface area contributed by atoms with Crippen LogP contribution in [0.3, 0.4) is 0 Å². The summed E-state index contributed by atoms with van der Waals surface area (Å²) in [7, 11) is -1.96. The van der Waals surface area contributed by atoms with Gasteiger partial charge in [-0.15, -0.1) is 0 Å². The van der Waals surface area contributed by atoms with E-state index < -0.39 is 15.9 Å². The minimum Gasteiger partial charge on any atom is -0.497 e. The van der Waals surface area contributed by atoms with E-state index in [0.717, 1.165) is 12.8 Å². The predicted molar refractivity (Wildman–Crippen MR) is 110 cm³/mol. The quantitative estimate of drug-likeness (QED) is 0.686. The van der Waals surface area contributed by atoms with Gasteiger partial charge in [-0.1, -0.05) is 0 Å². The second kappa shape index (κ2) is 7.53. The number of nitrogens with zero attached hydrogens (tertiary/aromatic N) is 1. The van der Waals surface area contributed by atoms with E-state index in [2.05, 4.69) is 5.32 Å². The van der Waals surface area contributed by atoms with E-state index in [0.29, 0.717) is 41.1 Å². The number of fused-ring (bicyclic) bond motifs is 1. The average Bonchev–Trinajstić information content (AvgIpc) is 3.37. The van der Waals surface area contributed by atoms with Crippen molar-refractivity contribution >= 4 is 32.6 Å². The number of methoxy groups -OCH3 is 1. The smallest absolute Gasteiger partial charge is 0.291 e. The number of furan rings is 1. The summed E-state index contributed by atoms with van der Waals surface area (Å²) >= 11 is 0. The number of carbonyl (C=O) groups excluding carboxylic acids is 1. The topological polar surface area (TPSA) is 88.8 Å². The summed E-state index contributed by atoms with van der Waals surface area (Å²) in [5.41, 5.74) is 1.68. The lowest BCUT2D eigenvalue weighted by Gasteiger charge is -2.15. The van der Waals surface area contributed by atoms with E-state index in [4.69, 9.17) is 9.15 Å². The molecule has 1 amide bonds. The van der Waals surface area contributed by atoms with Crippen LogP contribution in [-0.2, 0) is 10.0 Å². The summed E-state index contributed by atoms with van der Waals surface area (Å²) in [6.45, 7) is 2.83. The van der Waals surface area contributed by atoms with Crippen LogP contribution >= 0.6 is 0 Å². The van der Waals surface area contributed by atoms with Crippen molar-refractivity contribution in [2.24, 2.45) is 0 Å². The molecule has 0 bridgehead atoms. The van der Waals surface area contributed by atoms with Crippen LogP contribution in [0.4, 0.5) is 5.69 Å². The number of anilines is 1. The summed E-state index contributed by atoms with van der Waals surface area (Å²) in [4.78, 5) is 12.9. The second-order valence-corrected chi connectivity index (χ2v) is 8.95. The summed E-state index contributed by atoms with van der Waals surface area (Å²) in [6, 6.07) is 11.7. The maximum absolute atomic E-state index is 12.8. The third-order valence-electron chi connectivity index (χ3n) is 5.16. The first-order chi connectivity index (χ1) is 13.9. The number of hydrogen-bond donors (Lipinski definition) is 1. The molecular formula is C21H22N2O5S. The molecule has 29 heavy (non-hydrogen) atoms. The molecule has 0 spiro atoms. The number of hydrogen-bond acceptors (Lipinski definition) is 5. The highest BCUT2D eigenvalue weighted by atomic mass is 32.2. The Bertz CT molecular complexity index is 1160. The van der Waals surface area contributed by atoms with Crippen LogP contribution in [0.2, 0.25) is 0 Å². The van der Waals surface area contributed by atoms with Gasteiger partial charge in [-0.2, -0.15) is 4.31 Å². The molecule has 0 aliphatic carbocycles. The fourth-order valence-electron chi connectivity index (χ4n) is 3.52. The lowest BCUT2D eigenvalue weighted by molar-refractivity contribution is 0.0998. The minimum absolute atomic E-state index is 0.159. The second-order valence-electron chi connectivity index (χ2n) is 7.01. The first kappa shape index (κ1) is 19.5. The molecule has 0 radical (unpaired) electrons. The zero-order chi connectivity index (χ0) is 20.6. The van der Waals surface area contributed by atoms with Gasteiger partial charge in [0.1, 0.15) is 11.3 Å². The molecule has 7 nitrogen and oxygen atoms in total. The number of amides is 1. The summed E-state index contributed by atoms with van der Waals surface area (Å²) in [6.07, 6.45) is 1.75. The fraction of sp³-hybridized carbons (Fsp3) is 0.286. The highest BCUT2D eigenvalue weighted by Gasteiger charge is 2.28. The zero-order valence-corrected chi connectivity index (χ0v) is 17.1. The molecule has 0 saturated carbocycles. The van der Waals surface area contributed by atoms with Gasteiger partial charge in [0.25, 0.3) is 5.91 Å². The molecule has 1 aliphatic heterocycles. The van der Waals surface area contributed by atoms with Crippen LogP contribution in [0.1, 0.15) is 29.0 Å². The van der Waals surface area contributed by atoms with Gasteiger partial charge < -0.3 is 14.5 Å². The Morgan fingerprint density at radius 2 is 1.79 bits per heavy atom. The van der Waals surface area contributed by atoms with E-state index in [1.165, 1.54) is 10.4 Å². The van der Waals surface area contributed by atoms with Gasteiger partial charge in [0.05, 0.1) is 12.0 Å². The van der Waals surface area contributed by atoms with Crippen molar-refractivity contribution in [2.75, 3.05) is 25.5 Å². The van der Waals surface area contributed by atoms with Gasteiger partial charge in [0.15, 0.2) is 5.76 Å². The zero-order valence-electron chi connectivity index (χ0n) is 16.3. The third kappa shape index (κ3) is 3.61. The first-order valence-electron chi connectivity index (χ1n) is 9.39. The normalized spacial score (nSPS) is 15.0. The van der Waals surface area contributed by atoms with Crippen molar-refractivity contribution in [3.63, 3.8) is 0 Å². The Balaban J connectivity index is 1.64. The monoisotopic (exact) mass is 414 g/mol. The van der Waals surface area contributed by atoms with Gasteiger partial charge in [0.2, 0.25) is 10.0 Å². The third-order valence-corrected chi connectivity index (χ3v) is 7.06. The summed E-state index contributed by atoms with van der Waals surface area (Å²) < 4.78 is 38.0. The van der Waals surface area contributed by atoms with Crippen molar-refractivity contribution in [1.82, 2.24) is 4.31 Å². The molecule has 152 valence electrons. The molecule has 8 heteroatoms. The van der Waals surface area contributed by atoms with E-state index in [-0.39, 0.29) is 10.7 Å². The molecule has 0 atom stereocenters. The number of benzene rings is 2. The number of nitrogens with one attached hydrogen (secondary N) is 1. The summed E-state index contributed by atoms with van der Waals surface area (Å²) in [5.74, 6) is 0.453. The molecule has 1 fully saturated rings. The maximum atomic E-state index is 12.8. The first-order valence-corrected chi connectivity index (χ1v) is 10.8. The number of ether oxygens (including phenoxy) is 1. The van der Waals surface area contributed by atoms with Crippen LogP contribution < -0.4 is 10.1 Å². The van der Waals surface area contributed by atoms with Crippen molar-refractivity contribution < 1.29 is 22.4 Å². The van der Waals surface area contributed by atoms with Gasteiger partial charge in [-0.3, -0.25) is 4.79 Å². The van der Waals surface area contributed by atoms with Crippen LogP contribution in [-0.4, -0.2) is 38.8 Å². The van der Waals surface area contributed by atoms with Gasteiger partial charge in [0, 0.05) is 29.7 Å². The Morgan fingerprint density at radius 1 is 1.10 bits per heavy atom. The van der Waals surface area contributed by atoms with Crippen LogP contribution in [0, 0.1) is 6.92 Å². The molecule has 3 aromatic rings. The Morgan fingerprint density at radius 3 is 2.45 bits per heavy atom. The number of aryl methyl sites for hydroxylation is 1. The maximum Gasteiger partial charge on any atom is 0.291 e. The fourth-order valence-corrected chi connectivity index (χ4v) is 5.06. The van der Waals surface area contributed by atoms with Gasteiger partial charge in [-0.05, 0) is 62.2 Å². The van der Waals surface area contributed by atoms with Gasteiger partial charge >= 0.3 is 0 Å². The van der Waals surface area contributed by atoms with E-state index in [9.17, 15) is 13.2 Å². The molecule has 1 N–H and O–H groups in total. The Labute approximate surface area is 169 Å².